The number of benzene rings is 4. The van der Waals surface area contributed by atoms with Crippen molar-refractivity contribution in [2.45, 2.75) is 76.8 Å². The molecule has 4 heterocycles. The Labute approximate surface area is 368 Å². The Morgan fingerprint density at radius 3 is 2.34 bits per heavy atom. The first-order chi connectivity index (χ1) is 30.5. The number of fused-ring (bicyclic) bond motifs is 3. The van der Waals surface area contributed by atoms with Gasteiger partial charge in [-0.3, -0.25) is 28.2 Å². The molecule has 1 saturated heterocycles. The normalized spacial score (nSPS) is 17.5. The van der Waals surface area contributed by atoms with Gasteiger partial charge in [0.15, 0.2) is 5.82 Å². The molecule has 0 bridgehead atoms. The average Bonchev–Trinajstić information content (AvgIpc) is 3.91. The van der Waals surface area contributed by atoms with E-state index < -0.39 is 52.1 Å². The van der Waals surface area contributed by atoms with Gasteiger partial charge < -0.3 is 15.0 Å². The molecule has 7 aromatic rings. The third-order valence-electron chi connectivity index (χ3n) is 11.3. The van der Waals surface area contributed by atoms with Crippen LogP contribution in [-0.4, -0.2) is 81.4 Å². The summed E-state index contributed by atoms with van der Waals surface area (Å²) in [5.74, 6) is -2.63. The van der Waals surface area contributed by atoms with Crippen molar-refractivity contribution in [3.05, 3.63) is 117 Å². The molecule has 14 nitrogen and oxygen atoms in total. The predicted octanol–water partition coefficient (Wildman–Crippen LogP) is 7.24. The zero-order valence-electron chi connectivity index (χ0n) is 34.7. The van der Waals surface area contributed by atoms with Crippen molar-refractivity contribution in [1.29, 1.82) is 0 Å². The molecular weight excluding hydrogens is 878 g/mol. The number of ether oxygens (including phenoxy) is 1. The number of rotatable bonds is 13. The summed E-state index contributed by atoms with van der Waals surface area (Å²) in [6, 6.07) is 16.9. The number of para-hydroxylation sites is 1. The van der Waals surface area contributed by atoms with Crippen LogP contribution in [0.15, 0.2) is 77.6 Å². The summed E-state index contributed by atoms with van der Waals surface area (Å²) in [5, 5.41) is 12.8. The summed E-state index contributed by atoms with van der Waals surface area (Å²) in [6.07, 6.45) is -0.732. The lowest BCUT2D eigenvalue weighted by Crippen LogP contribution is -2.45. The Balaban J connectivity index is 1.27. The van der Waals surface area contributed by atoms with Crippen LogP contribution in [0.2, 0.25) is 5.02 Å². The van der Waals surface area contributed by atoms with Gasteiger partial charge in [-0.15, -0.1) is 0 Å². The minimum Gasteiger partial charge on any atom is -0.372 e. The molecule has 2 aliphatic rings. The molecule has 3 aromatic heterocycles. The molecule has 4 aromatic carbocycles. The third-order valence-corrected chi connectivity index (χ3v) is 12.2. The molecule has 3 atom stereocenters. The zero-order chi connectivity index (χ0) is 45.2. The molecule has 2 fully saturated rings. The van der Waals surface area contributed by atoms with Crippen LogP contribution in [0.4, 0.5) is 29.1 Å². The van der Waals surface area contributed by atoms with Crippen LogP contribution >= 0.6 is 11.6 Å². The van der Waals surface area contributed by atoms with E-state index in [1.807, 2.05) is 38.1 Å². The van der Waals surface area contributed by atoms with Gasteiger partial charge in [-0.2, -0.15) is 10.2 Å². The molecule has 20 heteroatoms. The van der Waals surface area contributed by atoms with Crippen LogP contribution in [0, 0.1) is 11.6 Å². The molecule has 9 rings (SSSR count). The maximum absolute atomic E-state index is 15.2. The zero-order valence-corrected chi connectivity index (χ0v) is 36.3. The molecule has 0 radical (unpaired) electrons. The highest BCUT2D eigenvalue weighted by Gasteiger charge is 2.32. The van der Waals surface area contributed by atoms with Gasteiger partial charge in [-0.05, 0) is 80.8 Å². The van der Waals surface area contributed by atoms with Crippen molar-refractivity contribution >= 4 is 71.7 Å². The van der Waals surface area contributed by atoms with E-state index in [0.29, 0.717) is 19.2 Å². The van der Waals surface area contributed by atoms with Crippen molar-refractivity contribution in [2.24, 2.45) is 0 Å². The lowest BCUT2D eigenvalue weighted by molar-refractivity contribution is -0.122. The Bertz CT molecular complexity index is 3130. The number of amides is 1. The van der Waals surface area contributed by atoms with Gasteiger partial charge in [-0.1, -0.05) is 29.8 Å². The first-order valence-electron chi connectivity index (χ1n) is 20.6. The number of carbonyl (C=O) groups excluding carboxylic acids is 1. The molecule has 0 unspecified atom stereocenters. The van der Waals surface area contributed by atoms with E-state index in [4.69, 9.17) is 26.4 Å². The Kier molecular flexibility index (Phi) is 11.4. The predicted molar refractivity (Wildman–Crippen MR) is 235 cm³/mol. The molecular formula is C44H42ClF4N9O5S. The average molecular weight is 920 g/mol. The lowest BCUT2D eigenvalue weighted by Gasteiger charge is -2.37. The van der Waals surface area contributed by atoms with E-state index in [1.54, 1.807) is 22.9 Å². The van der Waals surface area contributed by atoms with Crippen LogP contribution in [0.1, 0.15) is 55.7 Å². The second-order valence-corrected chi connectivity index (χ2v) is 18.7. The van der Waals surface area contributed by atoms with Crippen molar-refractivity contribution in [1.82, 2.24) is 34.4 Å². The van der Waals surface area contributed by atoms with Gasteiger partial charge in [0, 0.05) is 42.6 Å². The number of alkyl halides is 2. The van der Waals surface area contributed by atoms with Crippen molar-refractivity contribution in [2.75, 3.05) is 29.0 Å². The highest BCUT2D eigenvalue weighted by molar-refractivity contribution is 7.92. The van der Waals surface area contributed by atoms with Crippen LogP contribution in [0.3, 0.4) is 0 Å². The minimum atomic E-state index is -4.03. The molecule has 1 saturated carbocycles. The number of carbonyl (C=O) groups is 1. The van der Waals surface area contributed by atoms with Gasteiger partial charge in [0.2, 0.25) is 15.9 Å². The molecule has 2 N–H and O–H groups in total. The van der Waals surface area contributed by atoms with E-state index in [0.717, 1.165) is 62.8 Å². The summed E-state index contributed by atoms with van der Waals surface area (Å²) in [6.45, 7) is 3.64. The number of hydrogen-bond acceptors (Lipinski definition) is 9. The fourth-order valence-corrected chi connectivity index (χ4v) is 9.41. The number of anilines is 2. The van der Waals surface area contributed by atoms with E-state index in [1.165, 1.54) is 12.1 Å². The quantitative estimate of drug-likeness (QED) is 0.114. The summed E-state index contributed by atoms with van der Waals surface area (Å²) >= 11 is 6.67. The highest BCUT2D eigenvalue weighted by Crippen LogP contribution is 2.42. The van der Waals surface area contributed by atoms with Gasteiger partial charge in [0.1, 0.15) is 30.5 Å². The first-order valence-corrected chi connectivity index (χ1v) is 22.9. The van der Waals surface area contributed by atoms with E-state index in [9.17, 15) is 30.8 Å². The van der Waals surface area contributed by atoms with Gasteiger partial charge in [0.05, 0.1) is 68.2 Å². The van der Waals surface area contributed by atoms with Crippen LogP contribution in [-0.2, 0) is 39.1 Å². The number of halogens is 5. The number of aromatic nitrogens is 6. The van der Waals surface area contributed by atoms with Gasteiger partial charge >= 0.3 is 0 Å². The second-order valence-electron chi connectivity index (χ2n) is 16.5. The Morgan fingerprint density at radius 1 is 0.938 bits per heavy atom. The number of nitrogens with one attached hydrogen (secondary N) is 2. The standard InChI is InChI=1S/C44H42ClF4N9O5S/c1-23-19-55(20-24(2)63-23)29-10-11-30-33(18-29)51-43(58(44(30)60)36-13-12-32(45)39-41(36)57(21-37(48)49)53-42(39)54-64(3,61)62)34(16-25-14-27(46)17-28(47)15-25)50-38(59)22-56-35-7-5-4-6-31(35)40(52-56)26-8-9-26/h4-7,10-15,17-18,23-24,26,34,37H,8-9,16,19-22H2,1-3H3,(H,50,59)(H,53,54)/t23-,24+,34-/m0/s1. The molecule has 1 aliphatic carbocycles. The summed E-state index contributed by atoms with van der Waals surface area (Å²) in [7, 11) is -4.03. The lowest BCUT2D eigenvalue weighted by atomic mass is 10.0. The maximum atomic E-state index is 15.2. The van der Waals surface area contributed by atoms with E-state index in [2.05, 4.69) is 20.0 Å². The monoisotopic (exact) mass is 919 g/mol. The van der Waals surface area contributed by atoms with Crippen LogP contribution in [0.5, 0.6) is 0 Å². The van der Waals surface area contributed by atoms with Crippen molar-refractivity contribution in [3.63, 3.8) is 0 Å². The Morgan fingerprint density at radius 2 is 1.66 bits per heavy atom. The van der Waals surface area contributed by atoms with Crippen molar-refractivity contribution < 1.29 is 35.5 Å². The molecule has 0 spiro atoms. The summed E-state index contributed by atoms with van der Waals surface area (Å²) in [4.78, 5) is 36.8. The maximum Gasteiger partial charge on any atom is 0.266 e. The minimum absolute atomic E-state index is 0.0792. The summed E-state index contributed by atoms with van der Waals surface area (Å²) in [5.41, 5.74) is 1.64. The van der Waals surface area contributed by atoms with Crippen LogP contribution in [0.25, 0.3) is 38.4 Å². The highest BCUT2D eigenvalue weighted by atomic mass is 35.5. The fourth-order valence-electron chi connectivity index (χ4n) is 8.68. The molecule has 1 aliphatic heterocycles. The van der Waals surface area contributed by atoms with E-state index >= 15 is 4.79 Å². The SMILES string of the molecule is C[C@@H]1CN(c2ccc3c(=O)n(-c4ccc(Cl)c5c(NS(C)(=O)=O)nn(CC(F)F)c45)c([C@H](Cc4cc(F)cc(F)c4)NC(=O)Cn4nc(C5CC5)c5ccccc54)nc3c2)C[C@H](C)O1. The topological polar surface area (TPSA) is 158 Å². The first kappa shape index (κ1) is 43.2. The second kappa shape index (κ2) is 16.8. The number of hydrogen-bond donors (Lipinski definition) is 2. The number of morpholine rings is 1. The fraction of sp³-hybridized carbons (Fsp3) is 0.341. The molecule has 1 amide bonds. The summed E-state index contributed by atoms with van der Waals surface area (Å²) < 4.78 is 95.1. The Hall–Kier alpha value is -6.05. The molecule has 64 heavy (non-hydrogen) atoms. The van der Waals surface area contributed by atoms with Gasteiger partial charge in [-0.25, -0.2) is 31.0 Å². The van der Waals surface area contributed by atoms with Crippen molar-refractivity contribution in [3.8, 4) is 5.69 Å². The van der Waals surface area contributed by atoms with Crippen LogP contribution < -0.4 is 20.5 Å². The number of nitrogens with zero attached hydrogens (tertiary/aromatic N) is 7. The van der Waals surface area contributed by atoms with Gasteiger partial charge in [0.25, 0.3) is 12.0 Å². The van der Waals surface area contributed by atoms with E-state index in [-0.39, 0.29) is 80.8 Å². The number of sulfonamides is 1. The largest absolute Gasteiger partial charge is 0.372 e. The third kappa shape index (κ3) is 8.75. The smallest absolute Gasteiger partial charge is 0.266 e. The molecule has 334 valence electrons.